The first-order chi connectivity index (χ1) is 17.2. The van der Waals surface area contributed by atoms with Crippen molar-refractivity contribution in [1.82, 2.24) is 10.3 Å². The van der Waals surface area contributed by atoms with Crippen LogP contribution in [0.15, 0.2) is 65.2 Å². The van der Waals surface area contributed by atoms with Crippen LogP contribution in [0.4, 0.5) is 5.13 Å². The van der Waals surface area contributed by atoms with Crippen molar-refractivity contribution in [2.45, 2.75) is 25.4 Å². The smallest absolute Gasteiger partial charge is 0.337 e. The van der Waals surface area contributed by atoms with E-state index in [1.165, 1.54) is 25.6 Å². The van der Waals surface area contributed by atoms with E-state index < -0.39 is 29.4 Å². The van der Waals surface area contributed by atoms with Crippen molar-refractivity contribution in [2.24, 2.45) is 5.92 Å². The number of carbonyl (C=O) groups excluding carboxylic acids is 2. The Bertz CT molecular complexity index is 1330. The molecular weight excluding hydrogens is 601 g/mol. The lowest BCUT2D eigenvalue weighted by molar-refractivity contribution is -0.149. The third-order valence-corrected chi connectivity index (χ3v) is 7.86. The van der Waals surface area contributed by atoms with Gasteiger partial charge < -0.3 is 20.1 Å². The Kier molecular flexibility index (Phi) is 9.28. The number of thiazole rings is 1. The highest BCUT2D eigenvalue weighted by Gasteiger charge is 2.52. The number of allylic oxidation sites excluding steroid dienone is 1. The SMILES string of the molecule is Br.COC(=O)C1=C(C)NC(C)(c2ccccc2)C(C(=O)OC)C1Nc1nc(-c2ccc(Cl)c(Cl)c2)cs1. The van der Waals surface area contributed by atoms with Crippen LogP contribution in [0.5, 0.6) is 0 Å². The van der Waals surface area contributed by atoms with Crippen molar-refractivity contribution in [3.05, 3.63) is 80.8 Å². The Morgan fingerprint density at radius 2 is 1.78 bits per heavy atom. The van der Waals surface area contributed by atoms with Gasteiger partial charge in [0, 0.05) is 16.6 Å². The van der Waals surface area contributed by atoms with E-state index in [9.17, 15) is 9.59 Å². The van der Waals surface area contributed by atoms with E-state index in [1.807, 2.05) is 48.7 Å². The summed E-state index contributed by atoms with van der Waals surface area (Å²) in [5.41, 5.74) is 2.33. The molecule has 0 bridgehead atoms. The molecule has 3 unspecified atom stereocenters. The number of nitrogens with zero attached hydrogens (tertiary/aromatic N) is 1. The number of ether oxygens (including phenoxy) is 2. The van der Waals surface area contributed by atoms with Gasteiger partial charge in [0.15, 0.2) is 5.13 Å². The predicted octanol–water partition coefficient (Wildman–Crippen LogP) is 6.23. The summed E-state index contributed by atoms with van der Waals surface area (Å²) in [4.78, 5) is 30.9. The lowest BCUT2D eigenvalue weighted by atomic mass is 9.70. The molecule has 196 valence electrons. The summed E-state index contributed by atoms with van der Waals surface area (Å²) in [5, 5.41) is 9.98. The predicted molar refractivity (Wildman–Crippen MR) is 152 cm³/mol. The van der Waals surface area contributed by atoms with Gasteiger partial charge in [-0.2, -0.15) is 0 Å². The summed E-state index contributed by atoms with van der Waals surface area (Å²) in [7, 11) is 2.64. The van der Waals surface area contributed by atoms with E-state index >= 15 is 0 Å². The van der Waals surface area contributed by atoms with Crippen molar-refractivity contribution in [3.63, 3.8) is 0 Å². The summed E-state index contributed by atoms with van der Waals surface area (Å²) in [6, 6.07) is 14.1. The molecule has 37 heavy (non-hydrogen) atoms. The maximum atomic E-state index is 13.3. The highest BCUT2D eigenvalue weighted by Crippen LogP contribution is 2.42. The van der Waals surface area contributed by atoms with Crippen LogP contribution in [0.2, 0.25) is 10.0 Å². The number of esters is 2. The van der Waals surface area contributed by atoms with Gasteiger partial charge in [-0.05, 0) is 31.5 Å². The number of methoxy groups -OCH3 is 2. The molecule has 11 heteroatoms. The minimum absolute atomic E-state index is 0. The highest BCUT2D eigenvalue weighted by molar-refractivity contribution is 8.93. The Hall–Kier alpha value is -2.59. The Morgan fingerprint density at radius 1 is 1.08 bits per heavy atom. The number of nitrogens with one attached hydrogen (secondary N) is 2. The molecule has 1 aliphatic rings. The number of halogens is 3. The van der Waals surface area contributed by atoms with Crippen molar-refractivity contribution >= 4 is 68.6 Å². The van der Waals surface area contributed by atoms with E-state index in [4.69, 9.17) is 32.7 Å². The quantitative estimate of drug-likeness (QED) is 0.314. The van der Waals surface area contributed by atoms with Crippen molar-refractivity contribution in [2.75, 3.05) is 19.5 Å². The maximum Gasteiger partial charge on any atom is 0.337 e. The summed E-state index contributed by atoms with van der Waals surface area (Å²) in [6.07, 6.45) is 0. The minimum Gasteiger partial charge on any atom is -0.469 e. The lowest BCUT2D eigenvalue weighted by Crippen LogP contribution is -2.60. The topological polar surface area (TPSA) is 89.5 Å². The first-order valence-electron chi connectivity index (χ1n) is 11.1. The second kappa shape index (κ2) is 11.9. The van der Waals surface area contributed by atoms with Crippen molar-refractivity contribution in [1.29, 1.82) is 0 Å². The van der Waals surface area contributed by atoms with E-state index in [1.54, 1.807) is 19.1 Å². The van der Waals surface area contributed by atoms with E-state index in [0.29, 0.717) is 32.1 Å². The second-order valence-electron chi connectivity index (χ2n) is 8.51. The first kappa shape index (κ1) is 29.0. The number of hydrogen-bond acceptors (Lipinski definition) is 8. The maximum absolute atomic E-state index is 13.3. The summed E-state index contributed by atoms with van der Waals surface area (Å²) in [6.45, 7) is 3.71. The van der Waals surface area contributed by atoms with Gasteiger partial charge in [-0.25, -0.2) is 9.78 Å². The normalized spacial score (nSPS) is 20.9. The standard InChI is InChI=1S/C26H25Cl2N3O4S.BrH/c1-14-20(23(32)34-3)22(21(24(33)35-4)26(2,31-14)16-8-6-5-7-9-16)30-25-29-19(13-36-25)15-10-11-17(27)18(28)12-15;/h5-13,21-22,31H,1-4H3,(H,29,30);1H. The molecule has 1 aliphatic heterocycles. The van der Waals surface area contributed by atoms with Gasteiger partial charge in [0.2, 0.25) is 0 Å². The average molecular weight is 627 g/mol. The molecule has 4 rings (SSSR count). The van der Waals surface area contributed by atoms with Crippen LogP contribution in [-0.4, -0.2) is 37.2 Å². The van der Waals surface area contributed by atoms with Gasteiger partial charge in [0.25, 0.3) is 0 Å². The van der Waals surface area contributed by atoms with Crippen LogP contribution in [0.1, 0.15) is 19.4 Å². The van der Waals surface area contributed by atoms with Gasteiger partial charge in [0.05, 0.1) is 47.1 Å². The molecule has 2 heterocycles. The minimum atomic E-state index is -0.891. The third-order valence-electron chi connectivity index (χ3n) is 6.35. The fourth-order valence-corrected chi connectivity index (χ4v) is 5.67. The van der Waals surface area contributed by atoms with Crippen LogP contribution in [0.25, 0.3) is 11.3 Å². The zero-order chi connectivity index (χ0) is 26.0. The number of aromatic nitrogens is 1. The molecular formula is C26H26BrCl2N3O4S. The zero-order valence-corrected chi connectivity index (χ0v) is 24.5. The van der Waals surface area contributed by atoms with E-state index in [-0.39, 0.29) is 17.0 Å². The molecule has 0 spiro atoms. The molecule has 1 aromatic heterocycles. The van der Waals surface area contributed by atoms with Crippen molar-refractivity contribution in [3.8, 4) is 11.3 Å². The molecule has 3 atom stereocenters. The lowest BCUT2D eigenvalue weighted by Gasteiger charge is -2.46. The molecule has 3 aromatic rings. The number of rotatable bonds is 6. The molecule has 0 aliphatic carbocycles. The average Bonchev–Trinajstić information content (AvgIpc) is 3.34. The van der Waals surface area contributed by atoms with Gasteiger partial charge in [-0.15, -0.1) is 28.3 Å². The molecule has 2 N–H and O–H groups in total. The fourth-order valence-electron chi connectivity index (χ4n) is 4.61. The van der Waals surface area contributed by atoms with Gasteiger partial charge >= 0.3 is 11.9 Å². The molecule has 0 radical (unpaired) electrons. The molecule has 2 aromatic carbocycles. The van der Waals surface area contributed by atoms with Crippen LogP contribution >= 0.6 is 51.5 Å². The number of hydrogen-bond donors (Lipinski definition) is 2. The fraction of sp³-hybridized carbons (Fsp3) is 0.269. The third kappa shape index (κ3) is 5.65. The van der Waals surface area contributed by atoms with Crippen LogP contribution in [0, 0.1) is 5.92 Å². The van der Waals surface area contributed by atoms with E-state index in [0.717, 1.165) is 11.1 Å². The van der Waals surface area contributed by atoms with Gasteiger partial charge in [-0.1, -0.05) is 59.6 Å². The van der Waals surface area contributed by atoms with Crippen LogP contribution < -0.4 is 10.6 Å². The Balaban J connectivity index is 0.00000380. The van der Waals surface area contributed by atoms with Crippen molar-refractivity contribution < 1.29 is 19.1 Å². The van der Waals surface area contributed by atoms with Gasteiger partial charge in [0.1, 0.15) is 5.92 Å². The molecule has 0 saturated carbocycles. The molecule has 0 saturated heterocycles. The Morgan fingerprint density at radius 3 is 2.41 bits per heavy atom. The van der Waals surface area contributed by atoms with Crippen LogP contribution in [0.3, 0.4) is 0 Å². The summed E-state index contributed by atoms with van der Waals surface area (Å²) >= 11 is 13.6. The van der Waals surface area contributed by atoms with E-state index in [2.05, 4.69) is 15.6 Å². The first-order valence-corrected chi connectivity index (χ1v) is 12.7. The number of benzene rings is 2. The van der Waals surface area contributed by atoms with Crippen LogP contribution in [-0.2, 0) is 24.6 Å². The second-order valence-corrected chi connectivity index (χ2v) is 10.2. The zero-order valence-electron chi connectivity index (χ0n) is 20.5. The number of carbonyl (C=O) groups is 2. The van der Waals surface area contributed by atoms with Gasteiger partial charge in [-0.3, -0.25) is 4.79 Å². The largest absolute Gasteiger partial charge is 0.469 e. The highest BCUT2D eigenvalue weighted by atomic mass is 79.9. The Labute approximate surface area is 239 Å². The number of anilines is 1. The summed E-state index contributed by atoms with van der Waals surface area (Å²) < 4.78 is 10.3. The molecule has 7 nitrogen and oxygen atoms in total. The molecule has 0 fully saturated rings. The monoisotopic (exact) mass is 625 g/mol. The summed E-state index contributed by atoms with van der Waals surface area (Å²) in [5.74, 6) is -1.87. The molecule has 0 amide bonds.